The largest absolute Gasteiger partial charge is 0.462 e. The third-order valence-corrected chi connectivity index (χ3v) is 12.1. The number of unbranched alkanes of at least 4 members (excludes halogenated alkanes) is 33. The summed E-state index contributed by atoms with van der Waals surface area (Å²) in [5, 5.41) is 0. The quantitative estimate of drug-likeness (QED) is 0.0199. The lowest BCUT2D eigenvalue weighted by Gasteiger charge is -2.18. The smallest absolute Gasteiger partial charge is 0.306 e. The molecule has 0 saturated heterocycles. The van der Waals surface area contributed by atoms with Crippen molar-refractivity contribution in [2.75, 3.05) is 13.2 Å². The highest BCUT2D eigenvalue weighted by molar-refractivity contribution is 5.71. The predicted molar refractivity (Wildman–Crippen MR) is 275 cm³/mol. The van der Waals surface area contributed by atoms with Crippen LogP contribution in [0.1, 0.15) is 284 Å². The van der Waals surface area contributed by atoms with Crippen LogP contribution in [-0.2, 0) is 28.6 Å². The van der Waals surface area contributed by atoms with E-state index in [1.807, 2.05) is 0 Å². The molecule has 0 saturated carbocycles. The van der Waals surface area contributed by atoms with Gasteiger partial charge in [0.05, 0.1) is 0 Å². The molecule has 0 aliphatic heterocycles. The Bertz CT molecular complexity index is 1120. The Morgan fingerprint density at radius 2 is 0.625 bits per heavy atom. The second-order valence-corrected chi connectivity index (χ2v) is 18.5. The molecule has 0 aromatic heterocycles. The van der Waals surface area contributed by atoms with E-state index in [1.54, 1.807) is 0 Å². The molecule has 0 heterocycles. The Morgan fingerprint density at radius 3 is 0.984 bits per heavy atom. The van der Waals surface area contributed by atoms with E-state index >= 15 is 0 Å². The van der Waals surface area contributed by atoms with E-state index in [0.717, 1.165) is 83.5 Å². The van der Waals surface area contributed by atoms with Crippen LogP contribution in [0, 0.1) is 0 Å². The zero-order valence-electron chi connectivity index (χ0n) is 42.6. The van der Waals surface area contributed by atoms with Crippen LogP contribution in [-0.4, -0.2) is 37.2 Å². The molecular formula is C58H104O6. The second-order valence-electron chi connectivity index (χ2n) is 18.5. The minimum atomic E-state index is -0.780. The van der Waals surface area contributed by atoms with Crippen LogP contribution in [0.5, 0.6) is 0 Å². The van der Waals surface area contributed by atoms with Crippen molar-refractivity contribution >= 4 is 17.9 Å². The number of carbonyl (C=O) groups is 3. The average Bonchev–Trinajstić information content (AvgIpc) is 3.29. The maximum absolute atomic E-state index is 12.8. The summed E-state index contributed by atoms with van der Waals surface area (Å²) >= 11 is 0. The van der Waals surface area contributed by atoms with E-state index in [0.29, 0.717) is 19.3 Å². The Balaban J connectivity index is 4.36. The van der Waals surface area contributed by atoms with E-state index < -0.39 is 6.10 Å². The minimum Gasteiger partial charge on any atom is -0.462 e. The first-order chi connectivity index (χ1) is 31.5. The molecule has 0 aromatic rings. The summed E-state index contributed by atoms with van der Waals surface area (Å²) in [4.78, 5) is 38.1. The Kier molecular flexibility index (Phi) is 50.8. The fourth-order valence-corrected chi connectivity index (χ4v) is 7.97. The van der Waals surface area contributed by atoms with E-state index in [4.69, 9.17) is 14.2 Å². The number of carbonyl (C=O) groups excluding carboxylic acids is 3. The van der Waals surface area contributed by atoms with Crippen molar-refractivity contribution in [1.82, 2.24) is 0 Å². The Labute approximate surface area is 397 Å². The van der Waals surface area contributed by atoms with Crippen molar-refractivity contribution in [3.63, 3.8) is 0 Å². The van der Waals surface area contributed by atoms with Gasteiger partial charge in [-0.2, -0.15) is 0 Å². The van der Waals surface area contributed by atoms with Gasteiger partial charge in [-0.05, 0) is 64.2 Å². The number of esters is 3. The molecule has 0 rings (SSSR count). The lowest BCUT2D eigenvalue weighted by Crippen LogP contribution is -2.30. The number of rotatable bonds is 50. The summed E-state index contributed by atoms with van der Waals surface area (Å²) in [6, 6.07) is 0. The van der Waals surface area contributed by atoms with Crippen LogP contribution in [0.3, 0.4) is 0 Å². The predicted octanol–water partition coefficient (Wildman–Crippen LogP) is 18.3. The second kappa shape index (κ2) is 53.0. The van der Waals surface area contributed by atoms with Crippen molar-refractivity contribution in [3.05, 3.63) is 48.6 Å². The van der Waals surface area contributed by atoms with Crippen molar-refractivity contribution in [2.45, 2.75) is 290 Å². The van der Waals surface area contributed by atoms with Crippen LogP contribution in [0.2, 0.25) is 0 Å². The Hall–Kier alpha value is -2.63. The summed E-state index contributed by atoms with van der Waals surface area (Å²) in [5.74, 6) is -0.892. The summed E-state index contributed by atoms with van der Waals surface area (Å²) in [6.07, 6.45) is 63.8. The molecule has 1 unspecified atom stereocenters. The van der Waals surface area contributed by atoms with Gasteiger partial charge in [0, 0.05) is 19.3 Å². The third-order valence-electron chi connectivity index (χ3n) is 12.1. The van der Waals surface area contributed by atoms with Gasteiger partial charge in [-0.3, -0.25) is 14.4 Å². The van der Waals surface area contributed by atoms with Crippen molar-refractivity contribution in [3.8, 4) is 0 Å². The molecule has 0 radical (unpaired) electrons. The molecule has 0 aromatic carbocycles. The van der Waals surface area contributed by atoms with Gasteiger partial charge < -0.3 is 14.2 Å². The van der Waals surface area contributed by atoms with Gasteiger partial charge >= 0.3 is 17.9 Å². The standard InChI is InChI=1S/C58H104O6/c1-4-7-10-13-16-19-22-25-27-29-31-33-36-39-42-45-48-51-57(60)63-54-55(53-62-56(59)50-47-44-41-38-35-32-24-21-18-15-12-9-6-3)64-58(61)52-49-46-43-40-37-34-30-28-26-23-20-17-14-11-8-5-2/h9,12,15,18,21,24-25,27,55H,4-8,10-11,13-14,16-17,19-20,22-23,26,28-54H2,1-3H3/b12-9+,18-15+,24-21+,27-25+. The maximum Gasteiger partial charge on any atom is 0.306 e. The molecule has 0 aliphatic carbocycles. The van der Waals surface area contributed by atoms with Gasteiger partial charge in [-0.1, -0.05) is 249 Å². The van der Waals surface area contributed by atoms with Gasteiger partial charge in [0.1, 0.15) is 13.2 Å². The fraction of sp³-hybridized carbons (Fsp3) is 0.810. The maximum atomic E-state index is 12.8. The highest BCUT2D eigenvalue weighted by Crippen LogP contribution is 2.16. The molecule has 0 N–H and O–H groups in total. The highest BCUT2D eigenvalue weighted by Gasteiger charge is 2.19. The van der Waals surface area contributed by atoms with E-state index in [1.165, 1.54) is 161 Å². The highest BCUT2D eigenvalue weighted by atomic mass is 16.6. The van der Waals surface area contributed by atoms with E-state index in [9.17, 15) is 14.4 Å². The number of hydrogen-bond acceptors (Lipinski definition) is 6. The first-order valence-corrected chi connectivity index (χ1v) is 27.7. The topological polar surface area (TPSA) is 78.9 Å². The molecule has 0 aliphatic rings. The van der Waals surface area contributed by atoms with Crippen LogP contribution in [0.15, 0.2) is 48.6 Å². The molecule has 6 heteroatoms. The Morgan fingerprint density at radius 1 is 0.328 bits per heavy atom. The number of hydrogen-bond donors (Lipinski definition) is 0. The van der Waals surface area contributed by atoms with E-state index in [2.05, 4.69) is 69.4 Å². The molecule has 0 fully saturated rings. The van der Waals surface area contributed by atoms with Gasteiger partial charge in [0.2, 0.25) is 0 Å². The van der Waals surface area contributed by atoms with Gasteiger partial charge in [-0.25, -0.2) is 0 Å². The summed E-state index contributed by atoms with van der Waals surface area (Å²) in [6.45, 7) is 6.51. The lowest BCUT2D eigenvalue weighted by atomic mass is 10.0. The molecule has 6 nitrogen and oxygen atoms in total. The first kappa shape index (κ1) is 61.4. The van der Waals surface area contributed by atoms with Gasteiger partial charge in [-0.15, -0.1) is 0 Å². The normalized spacial score (nSPS) is 12.4. The van der Waals surface area contributed by atoms with Crippen LogP contribution < -0.4 is 0 Å². The zero-order valence-corrected chi connectivity index (χ0v) is 42.6. The fourth-order valence-electron chi connectivity index (χ4n) is 7.97. The monoisotopic (exact) mass is 897 g/mol. The molecule has 372 valence electrons. The molecule has 0 spiro atoms. The molecule has 0 amide bonds. The van der Waals surface area contributed by atoms with Crippen LogP contribution in [0.4, 0.5) is 0 Å². The zero-order chi connectivity index (χ0) is 46.5. The molecule has 1 atom stereocenters. The molecule has 0 bridgehead atoms. The van der Waals surface area contributed by atoms with Crippen molar-refractivity contribution in [2.24, 2.45) is 0 Å². The summed E-state index contributed by atoms with van der Waals surface area (Å²) in [7, 11) is 0. The minimum absolute atomic E-state index is 0.0795. The lowest BCUT2D eigenvalue weighted by molar-refractivity contribution is -0.167. The molecule has 64 heavy (non-hydrogen) atoms. The number of allylic oxidation sites excluding steroid dienone is 8. The van der Waals surface area contributed by atoms with Gasteiger partial charge in [0.25, 0.3) is 0 Å². The first-order valence-electron chi connectivity index (χ1n) is 27.7. The van der Waals surface area contributed by atoms with Crippen LogP contribution >= 0.6 is 0 Å². The SMILES string of the molecule is CC/C=C/C=C/C=C/CCCCCCCC(=O)OCC(COC(=O)CCCCCCCCC/C=C/CCCCCCCC)OC(=O)CCCCCCCCCCCCCCCCCC. The van der Waals surface area contributed by atoms with Gasteiger partial charge in [0.15, 0.2) is 6.10 Å². The van der Waals surface area contributed by atoms with Crippen molar-refractivity contribution in [1.29, 1.82) is 0 Å². The summed E-state index contributed by atoms with van der Waals surface area (Å²) < 4.78 is 16.8. The molecular weight excluding hydrogens is 793 g/mol. The van der Waals surface area contributed by atoms with Crippen LogP contribution in [0.25, 0.3) is 0 Å². The third kappa shape index (κ3) is 50.4. The average molecular weight is 897 g/mol. The number of ether oxygens (including phenoxy) is 3. The van der Waals surface area contributed by atoms with Crippen molar-refractivity contribution < 1.29 is 28.6 Å². The summed E-state index contributed by atoms with van der Waals surface area (Å²) in [5.41, 5.74) is 0. The van der Waals surface area contributed by atoms with E-state index in [-0.39, 0.29) is 31.1 Å².